The molecule has 1 amide bonds. The van der Waals surface area contributed by atoms with Crippen molar-refractivity contribution < 1.29 is 18.1 Å². The van der Waals surface area contributed by atoms with Crippen molar-refractivity contribution in [3.05, 3.63) is 35.5 Å². The topological polar surface area (TPSA) is 94.6 Å². The van der Waals surface area contributed by atoms with Gasteiger partial charge >= 0.3 is 6.03 Å². The number of fused-ring (bicyclic) bond motifs is 1. The first-order chi connectivity index (χ1) is 11.9. The number of carbonyl (C=O) groups is 1. The van der Waals surface area contributed by atoms with E-state index in [1.54, 1.807) is 24.6 Å². The molecule has 0 spiro atoms. The molecular formula is C16H20N4O4S. The summed E-state index contributed by atoms with van der Waals surface area (Å²) in [4.78, 5) is 14.5. The Morgan fingerprint density at radius 1 is 1.32 bits per heavy atom. The van der Waals surface area contributed by atoms with Crippen molar-refractivity contribution in [3.8, 4) is 0 Å². The molecule has 2 aromatic rings. The molecule has 1 unspecified atom stereocenters. The smallest absolute Gasteiger partial charge is 0.329 e. The molecule has 1 saturated heterocycles. The Labute approximate surface area is 146 Å². The molecule has 0 radical (unpaired) electrons. The Morgan fingerprint density at radius 2 is 2.04 bits per heavy atom. The van der Waals surface area contributed by atoms with E-state index in [1.165, 1.54) is 4.31 Å². The van der Waals surface area contributed by atoms with Gasteiger partial charge in [0.1, 0.15) is 5.69 Å². The fraction of sp³-hybridized carbons (Fsp3) is 0.500. The van der Waals surface area contributed by atoms with E-state index >= 15 is 0 Å². The fourth-order valence-electron chi connectivity index (χ4n) is 3.76. The number of sulfonamides is 1. The number of aromatic nitrogens is 2. The Hall–Kier alpha value is -1.97. The van der Waals surface area contributed by atoms with Gasteiger partial charge in [-0.25, -0.2) is 4.79 Å². The van der Waals surface area contributed by atoms with Gasteiger partial charge in [-0.2, -0.15) is 0 Å². The van der Waals surface area contributed by atoms with Gasteiger partial charge in [-0.3, -0.25) is 4.57 Å². The Kier molecular flexibility index (Phi) is 3.82. The van der Waals surface area contributed by atoms with Gasteiger partial charge in [-0.1, -0.05) is 9.37 Å². The van der Waals surface area contributed by atoms with E-state index < -0.39 is 10.4 Å². The van der Waals surface area contributed by atoms with E-state index in [4.69, 9.17) is 4.52 Å². The predicted molar refractivity (Wildman–Crippen MR) is 88.4 cm³/mol. The van der Waals surface area contributed by atoms with Crippen LogP contribution in [0.4, 0.5) is 4.79 Å². The number of nitrogens with zero attached hydrogens (tertiary/aromatic N) is 4. The van der Waals surface area contributed by atoms with E-state index in [-0.39, 0.29) is 17.0 Å². The number of carbonyl (C=O) groups excluding carboxylic acids is 1. The highest BCUT2D eigenvalue weighted by atomic mass is 32.3. The van der Waals surface area contributed by atoms with Crippen LogP contribution in [0.25, 0.3) is 0 Å². The normalized spacial score (nSPS) is 21.6. The standard InChI is InChI=1S/C16H20N4O4S/c1-11-15(12(2)24-17-11)25(22,23)18-8-5-13(6-9-18)20-10-14-4-3-7-19(14)16(20)21/h3-4,7,13H,5-6,8-10H2,1-2H3. The molecule has 4 heterocycles. The zero-order valence-electron chi connectivity index (χ0n) is 14.2. The first kappa shape index (κ1) is 16.5. The molecule has 25 heavy (non-hydrogen) atoms. The average Bonchev–Trinajstić information content (AvgIpc) is 3.25. The minimum absolute atomic E-state index is 0.0213. The van der Waals surface area contributed by atoms with Gasteiger partial charge in [-0.15, -0.1) is 4.31 Å². The summed E-state index contributed by atoms with van der Waals surface area (Å²) in [6, 6.07) is 3.84. The molecule has 2 aliphatic rings. The van der Waals surface area contributed by atoms with Crippen LogP contribution in [0.3, 0.4) is 0 Å². The van der Waals surface area contributed by atoms with Crippen molar-refractivity contribution in [2.45, 2.75) is 44.2 Å². The second-order valence-corrected chi connectivity index (χ2v) is 8.44. The van der Waals surface area contributed by atoms with Gasteiger partial charge < -0.3 is 14.0 Å². The predicted octanol–water partition coefficient (Wildman–Crippen LogP) is 1.95. The Bertz CT molecular complexity index is 846. The van der Waals surface area contributed by atoms with Crippen molar-refractivity contribution in [2.75, 3.05) is 13.1 Å². The summed E-state index contributed by atoms with van der Waals surface area (Å²) in [5, 5.41) is 3.75. The number of rotatable bonds is 3. The van der Waals surface area contributed by atoms with Gasteiger partial charge in [-0.05, 0) is 31.9 Å². The van der Waals surface area contributed by atoms with Crippen LogP contribution in [0.15, 0.2) is 27.7 Å². The lowest BCUT2D eigenvalue weighted by atomic mass is 10.1. The molecule has 134 valence electrons. The highest BCUT2D eigenvalue weighted by molar-refractivity contribution is 7.95. The third kappa shape index (κ3) is 2.54. The number of amides is 1. The van der Waals surface area contributed by atoms with Gasteiger partial charge in [0.15, 0.2) is 16.2 Å². The van der Waals surface area contributed by atoms with Crippen LogP contribution in [0.5, 0.6) is 0 Å². The molecule has 0 N–H and O–H groups in total. The first-order valence-corrected chi connectivity index (χ1v) is 9.74. The van der Waals surface area contributed by atoms with Crippen molar-refractivity contribution >= 4 is 16.4 Å². The van der Waals surface area contributed by atoms with Gasteiger partial charge in [0.05, 0.1) is 6.54 Å². The summed E-state index contributed by atoms with van der Waals surface area (Å²) in [5.41, 5.74) is 1.37. The fourth-order valence-corrected chi connectivity index (χ4v) is 5.52. The summed E-state index contributed by atoms with van der Waals surface area (Å²) < 4.78 is 33.9. The summed E-state index contributed by atoms with van der Waals surface area (Å²) >= 11 is 0. The number of hydrogen-bond donors (Lipinski definition) is 0. The van der Waals surface area contributed by atoms with Gasteiger partial charge in [0.25, 0.3) is 0 Å². The zero-order chi connectivity index (χ0) is 17.8. The van der Waals surface area contributed by atoms with Gasteiger partial charge in [0, 0.05) is 37.9 Å². The van der Waals surface area contributed by atoms with Crippen molar-refractivity contribution in [3.63, 3.8) is 0 Å². The van der Waals surface area contributed by atoms with Crippen LogP contribution < -0.4 is 0 Å². The summed E-state index contributed by atoms with van der Waals surface area (Å²) in [6.45, 7) is 4.60. The molecule has 0 bridgehead atoms. The van der Waals surface area contributed by atoms with Crippen molar-refractivity contribution in [1.29, 1.82) is 0 Å². The van der Waals surface area contributed by atoms with Crippen LogP contribution in [0, 0.1) is 13.8 Å². The monoisotopic (exact) mass is 364 g/mol. The molecule has 2 aliphatic heterocycles. The number of piperidine rings is 1. The van der Waals surface area contributed by atoms with Crippen LogP contribution >= 0.6 is 0 Å². The largest absolute Gasteiger partial charge is 0.593 e. The maximum atomic E-state index is 12.9. The maximum Gasteiger partial charge on any atom is 0.329 e. The Morgan fingerprint density at radius 3 is 2.64 bits per heavy atom. The molecule has 8 nitrogen and oxygen atoms in total. The lowest BCUT2D eigenvalue weighted by molar-refractivity contribution is 0.152. The van der Waals surface area contributed by atoms with Crippen LogP contribution in [0.2, 0.25) is 0 Å². The third-order valence-corrected chi connectivity index (χ3v) is 7.19. The van der Waals surface area contributed by atoms with E-state index in [0.717, 1.165) is 5.69 Å². The molecule has 2 aromatic heterocycles. The maximum absolute atomic E-state index is 12.9. The molecule has 0 aliphatic carbocycles. The van der Waals surface area contributed by atoms with E-state index in [2.05, 4.69) is 5.16 Å². The first-order valence-electron chi connectivity index (χ1n) is 8.30. The SMILES string of the molecule is Cc1noc(C)c1[S+](=O)([O-])N1CCC(N2Cc3cccn3C2=O)CC1. The highest BCUT2D eigenvalue weighted by Gasteiger charge is 2.41. The van der Waals surface area contributed by atoms with Crippen molar-refractivity contribution in [1.82, 2.24) is 18.9 Å². The molecular weight excluding hydrogens is 344 g/mol. The third-order valence-electron chi connectivity index (χ3n) is 5.05. The molecule has 0 aromatic carbocycles. The van der Waals surface area contributed by atoms with Crippen molar-refractivity contribution in [2.24, 2.45) is 0 Å². The summed E-state index contributed by atoms with van der Waals surface area (Å²) in [7, 11) is -3.61. The average molecular weight is 364 g/mol. The minimum atomic E-state index is -3.61. The lowest BCUT2D eigenvalue weighted by Crippen LogP contribution is -2.49. The quantitative estimate of drug-likeness (QED) is 0.776. The second kappa shape index (κ2) is 5.79. The molecule has 1 fully saturated rings. The number of hydrogen-bond acceptors (Lipinski definition) is 5. The summed E-state index contributed by atoms with van der Waals surface area (Å²) in [5.74, 6) is 0.314. The molecule has 4 rings (SSSR count). The van der Waals surface area contributed by atoms with Crippen LogP contribution in [-0.2, 0) is 21.2 Å². The van der Waals surface area contributed by atoms with Crippen LogP contribution in [-0.4, -0.2) is 48.6 Å². The lowest BCUT2D eigenvalue weighted by Gasteiger charge is -2.36. The highest BCUT2D eigenvalue weighted by Crippen LogP contribution is 2.32. The number of aryl methyl sites for hydroxylation is 2. The molecule has 0 saturated carbocycles. The zero-order valence-corrected chi connectivity index (χ0v) is 15.0. The summed E-state index contributed by atoms with van der Waals surface area (Å²) in [6.07, 6.45) is 3.02. The van der Waals surface area contributed by atoms with Gasteiger partial charge in [0.2, 0.25) is 4.90 Å². The Balaban J connectivity index is 1.46. The van der Waals surface area contributed by atoms with Crippen LogP contribution in [0.1, 0.15) is 30.0 Å². The van der Waals surface area contributed by atoms with E-state index in [9.17, 15) is 13.6 Å². The van der Waals surface area contributed by atoms with E-state index in [1.807, 2.05) is 17.0 Å². The second-order valence-electron chi connectivity index (χ2n) is 6.57. The molecule has 9 heteroatoms. The minimum Gasteiger partial charge on any atom is -0.593 e. The van der Waals surface area contributed by atoms with E-state index in [0.29, 0.717) is 43.9 Å². The molecule has 1 atom stereocenters.